The summed E-state index contributed by atoms with van der Waals surface area (Å²) < 4.78 is 5.40. The summed E-state index contributed by atoms with van der Waals surface area (Å²) in [5.74, 6) is -1.68. The van der Waals surface area contributed by atoms with Gasteiger partial charge in [0.2, 0.25) is 11.8 Å². The van der Waals surface area contributed by atoms with Crippen molar-refractivity contribution in [3.8, 4) is 0 Å². The maximum atomic E-state index is 12.6. The zero-order valence-corrected chi connectivity index (χ0v) is 18.4. The Bertz CT molecular complexity index is 652. The predicted octanol–water partition coefficient (Wildman–Crippen LogP) is 0.563. The van der Waals surface area contributed by atoms with E-state index in [2.05, 4.69) is 10.6 Å². The van der Waals surface area contributed by atoms with Crippen molar-refractivity contribution in [3.63, 3.8) is 0 Å². The second-order valence-corrected chi connectivity index (χ2v) is 9.34. The quantitative estimate of drug-likeness (QED) is 0.641. The summed E-state index contributed by atoms with van der Waals surface area (Å²) in [7, 11) is 0. The first-order valence-corrected chi connectivity index (χ1v) is 10.8. The first-order valence-electron chi connectivity index (χ1n) is 10.8. The van der Waals surface area contributed by atoms with E-state index in [1.807, 2.05) is 0 Å². The van der Waals surface area contributed by atoms with E-state index in [0.29, 0.717) is 32.4 Å². The van der Waals surface area contributed by atoms with Crippen LogP contribution in [-0.2, 0) is 19.1 Å². The molecule has 30 heavy (non-hydrogen) atoms. The molecule has 0 bridgehead atoms. The van der Waals surface area contributed by atoms with Gasteiger partial charge >= 0.3 is 6.09 Å². The molecule has 0 radical (unpaired) electrons. The summed E-state index contributed by atoms with van der Waals surface area (Å²) in [6.07, 6.45) is 3.78. The number of carbonyl (C=O) groups is 4. The van der Waals surface area contributed by atoms with Crippen LogP contribution in [0.15, 0.2) is 0 Å². The van der Waals surface area contributed by atoms with Crippen LogP contribution in [0.3, 0.4) is 0 Å². The molecule has 2 aliphatic rings. The van der Waals surface area contributed by atoms with Gasteiger partial charge in [-0.05, 0) is 72.1 Å². The van der Waals surface area contributed by atoms with E-state index in [-0.39, 0.29) is 23.7 Å². The first-order chi connectivity index (χ1) is 14.0. The van der Waals surface area contributed by atoms with E-state index in [9.17, 15) is 24.3 Å². The third kappa shape index (κ3) is 6.88. The van der Waals surface area contributed by atoms with E-state index in [1.165, 1.54) is 11.8 Å². The third-order valence-corrected chi connectivity index (χ3v) is 5.68. The number of nitrogens with one attached hydrogen (secondary N) is 2. The number of likely N-dealkylation sites (tertiary alicyclic amines) is 1. The van der Waals surface area contributed by atoms with E-state index in [1.54, 1.807) is 20.8 Å². The van der Waals surface area contributed by atoms with Crippen LogP contribution in [0, 0.1) is 11.8 Å². The number of rotatable bonds is 6. The number of aliphatic carboxylic acids is 1. The number of hydrogen-bond acceptors (Lipinski definition) is 6. The van der Waals surface area contributed by atoms with E-state index in [0.717, 1.165) is 19.3 Å². The molecule has 170 valence electrons. The number of carboxylic acids is 1. The minimum atomic E-state index is -1.30. The van der Waals surface area contributed by atoms with Gasteiger partial charge in [0.05, 0.1) is 12.0 Å². The summed E-state index contributed by atoms with van der Waals surface area (Å²) in [4.78, 5) is 49.4. The Labute approximate surface area is 177 Å². The average Bonchev–Trinajstić information content (AvgIpc) is 3.15. The van der Waals surface area contributed by atoms with Crippen molar-refractivity contribution >= 4 is 23.9 Å². The molecule has 2 fully saturated rings. The lowest BCUT2D eigenvalue weighted by molar-refractivity contribution is -0.307. The molecule has 1 saturated carbocycles. The highest BCUT2D eigenvalue weighted by atomic mass is 16.6. The highest BCUT2D eigenvalue weighted by Gasteiger charge is 2.37. The molecule has 0 aromatic heterocycles. The molecule has 2 N–H and O–H groups in total. The lowest BCUT2D eigenvalue weighted by Gasteiger charge is -2.30. The number of ether oxygens (including phenoxy) is 1. The minimum absolute atomic E-state index is 0.166. The molecular weight excluding hydrogens is 390 g/mol. The van der Waals surface area contributed by atoms with Crippen molar-refractivity contribution in [1.82, 2.24) is 15.5 Å². The van der Waals surface area contributed by atoms with Crippen molar-refractivity contribution in [2.24, 2.45) is 11.8 Å². The summed E-state index contributed by atoms with van der Waals surface area (Å²) in [6, 6.07) is -1.51. The summed E-state index contributed by atoms with van der Waals surface area (Å²) >= 11 is 0. The highest BCUT2D eigenvalue weighted by molar-refractivity contribution is 5.86. The fourth-order valence-corrected chi connectivity index (χ4v) is 3.96. The molecule has 1 aliphatic carbocycles. The monoisotopic (exact) mass is 424 g/mol. The van der Waals surface area contributed by atoms with Crippen molar-refractivity contribution < 1.29 is 29.0 Å². The molecule has 9 nitrogen and oxygen atoms in total. The zero-order valence-electron chi connectivity index (χ0n) is 18.4. The fourth-order valence-electron chi connectivity index (χ4n) is 3.96. The zero-order chi connectivity index (χ0) is 22.5. The molecule has 1 heterocycles. The maximum absolute atomic E-state index is 12.6. The van der Waals surface area contributed by atoms with Crippen LogP contribution in [0.4, 0.5) is 4.79 Å². The van der Waals surface area contributed by atoms with E-state index in [4.69, 9.17) is 4.74 Å². The minimum Gasteiger partial charge on any atom is -0.548 e. The molecule has 0 aromatic carbocycles. The van der Waals surface area contributed by atoms with Crippen LogP contribution in [-0.4, -0.2) is 59.6 Å². The van der Waals surface area contributed by atoms with Gasteiger partial charge in [0.15, 0.2) is 0 Å². The molecule has 1 saturated heterocycles. The summed E-state index contributed by atoms with van der Waals surface area (Å²) in [5, 5.41) is 16.2. The smallest absolute Gasteiger partial charge is 0.410 e. The van der Waals surface area contributed by atoms with Crippen molar-refractivity contribution in [2.45, 2.75) is 83.9 Å². The van der Waals surface area contributed by atoms with Crippen LogP contribution in [0.5, 0.6) is 0 Å². The largest absolute Gasteiger partial charge is 0.548 e. The van der Waals surface area contributed by atoms with Crippen LogP contribution >= 0.6 is 0 Å². The van der Waals surface area contributed by atoms with Gasteiger partial charge in [0, 0.05) is 19.0 Å². The molecule has 2 rings (SSSR count). The Morgan fingerprint density at radius 1 is 1.07 bits per heavy atom. The van der Waals surface area contributed by atoms with Crippen molar-refractivity contribution in [1.29, 1.82) is 0 Å². The highest BCUT2D eigenvalue weighted by Crippen LogP contribution is 2.29. The standard InChI is InChI=1S/C21H35N3O6/c1-13(19(27)28)23-17(25)15-9-7-14(8-10-15)12-22-18(26)16-6-5-11-24(16)20(29)30-21(2,3)4/h13-16H,5-12H2,1-4H3,(H,22,26)(H,23,25)(H,27,28)/p-1/t13-,14?,15?,16-/m0/s1. The second kappa shape index (κ2) is 10.1. The van der Waals surface area contributed by atoms with Crippen LogP contribution in [0.2, 0.25) is 0 Å². The summed E-state index contributed by atoms with van der Waals surface area (Å²) in [6.45, 7) is 7.79. The normalized spacial score (nSPS) is 25.3. The lowest BCUT2D eigenvalue weighted by atomic mass is 9.81. The van der Waals surface area contributed by atoms with E-state index >= 15 is 0 Å². The van der Waals surface area contributed by atoms with Crippen molar-refractivity contribution in [2.75, 3.05) is 13.1 Å². The number of carbonyl (C=O) groups excluding carboxylic acids is 4. The number of hydrogen-bond donors (Lipinski definition) is 2. The van der Waals surface area contributed by atoms with Crippen molar-refractivity contribution in [3.05, 3.63) is 0 Å². The molecule has 0 aromatic rings. The van der Waals surface area contributed by atoms with Gasteiger partial charge < -0.3 is 25.3 Å². The van der Waals surface area contributed by atoms with Gasteiger partial charge in [-0.15, -0.1) is 0 Å². The third-order valence-electron chi connectivity index (χ3n) is 5.68. The van der Waals surface area contributed by atoms with Gasteiger partial charge in [-0.3, -0.25) is 14.5 Å². The number of nitrogens with zero attached hydrogens (tertiary/aromatic N) is 1. The van der Waals surface area contributed by atoms with Crippen LogP contribution < -0.4 is 15.7 Å². The molecule has 0 spiro atoms. The SMILES string of the molecule is C[C@H](NC(=O)C1CCC(CNC(=O)[C@@H]2CCCN2C(=O)OC(C)(C)C)CC1)C(=O)[O-]. The maximum Gasteiger partial charge on any atom is 0.410 e. The number of carboxylic acid groups (broad SMARTS) is 1. The van der Waals surface area contributed by atoms with Gasteiger partial charge in [-0.2, -0.15) is 0 Å². The Hall–Kier alpha value is -2.32. The van der Waals surface area contributed by atoms with Gasteiger partial charge in [0.25, 0.3) is 0 Å². The second-order valence-electron chi connectivity index (χ2n) is 9.34. The van der Waals surface area contributed by atoms with Crippen LogP contribution in [0.1, 0.15) is 66.2 Å². The first kappa shape index (κ1) is 24.0. The van der Waals surface area contributed by atoms with E-state index < -0.39 is 29.7 Å². The predicted molar refractivity (Wildman–Crippen MR) is 107 cm³/mol. The topological polar surface area (TPSA) is 128 Å². The Morgan fingerprint density at radius 2 is 1.70 bits per heavy atom. The lowest BCUT2D eigenvalue weighted by Crippen LogP contribution is -2.49. The van der Waals surface area contributed by atoms with Gasteiger partial charge in [-0.1, -0.05) is 0 Å². The molecule has 0 unspecified atom stereocenters. The summed E-state index contributed by atoms with van der Waals surface area (Å²) in [5.41, 5.74) is -0.607. The molecule has 3 amide bonds. The average molecular weight is 425 g/mol. The van der Waals surface area contributed by atoms with Gasteiger partial charge in [-0.25, -0.2) is 4.79 Å². The molecule has 2 atom stereocenters. The number of amides is 3. The fraction of sp³-hybridized carbons (Fsp3) is 0.810. The van der Waals surface area contributed by atoms with Crippen LogP contribution in [0.25, 0.3) is 0 Å². The molecule has 1 aliphatic heterocycles. The Kier molecular flexibility index (Phi) is 8.09. The van der Waals surface area contributed by atoms with Gasteiger partial charge in [0.1, 0.15) is 11.6 Å². The molecule has 9 heteroatoms. The molecular formula is C21H34N3O6-. The Balaban J connectivity index is 1.76. The Morgan fingerprint density at radius 3 is 2.27 bits per heavy atom.